The fourth-order valence-corrected chi connectivity index (χ4v) is 3.85. The number of fused-ring (bicyclic) bond motifs is 1. The van der Waals surface area contributed by atoms with Gasteiger partial charge in [0.25, 0.3) is 0 Å². The standard InChI is InChI=1S/C19H16ClNO4S/c20-15-5-2-1-4-14(15)18-11-21-19(25-18)12-26(22)13-6-7-16-17(10-13)24-9-3-8-23-16/h1-2,4-7,10-11H,3,8-9,12H2. The van der Waals surface area contributed by atoms with Crippen LogP contribution in [0.4, 0.5) is 0 Å². The second-order valence-corrected chi connectivity index (χ2v) is 7.61. The quantitative estimate of drug-likeness (QED) is 0.659. The number of nitrogens with zero attached hydrogens (tertiary/aromatic N) is 1. The molecule has 0 bridgehead atoms. The van der Waals surface area contributed by atoms with Crippen LogP contribution in [0.2, 0.25) is 5.02 Å². The zero-order chi connectivity index (χ0) is 17.9. The molecule has 7 heteroatoms. The van der Waals surface area contributed by atoms with Gasteiger partial charge in [-0.25, -0.2) is 4.98 Å². The third kappa shape index (κ3) is 3.61. The molecule has 2 heterocycles. The van der Waals surface area contributed by atoms with E-state index in [1.165, 1.54) is 0 Å². The summed E-state index contributed by atoms with van der Waals surface area (Å²) >= 11 is 6.18. The van der Waals surface area contributed by atoms with E-state index in [-0.39, 0.29) is 5.75 Å². The Balaban J connectivity index is 1.52. The van der Waals surface area contributed by atoms with Gasteiger partial charge in [-0.1, -0.05) is 23.7 Å². The Morgan fingerprint density at radius 1 is 1.08 bits per heavy atom. The molecule has 0 saturated heterocycles. The number of aromatic nitrogens is 1. The van der Waals surface area contributed by atoms with E-state index in [1.807, 2.05) is 18.2 Å². The molecule has 4 rings (SSSR count). The zero-order valence-electron chi connectivity index (χ0n) is 13.8. The molecule has 1 aliphatic heterocycles. The summed E-state index contributed by atoms with van der Waals surface area (Å²) in [6.45, 7) is 1.21. The average Bonchev–Trinajstić information content (AvgIpc) is 2.97. The Morgan fingerprint density at radius 2 is 1.88 bits per heavy atom. The molecule has 0 radical (unpaired) electrons. The Hall–Kier alpha value is -2.31. The maximum atomic E-state index is 12.7. The van der Waals surface area contributed by atoms with E-state index in [0.717, 1.165) is 12.0 Å². The van der Waals surface area contributed by atoms with Gasteiger partial charge in [0.1, 0.15) is 5.75 Å². The summed E-state index contributed by atoms with van der Waals surface area (Å²) in [7, 11) is -1.31. The minimum absolute atomic E-state index is 0.171. The van der Waals surface area contributed by atoms with Gasteiger partial charge < -0.3 is 13.9 Å². The molecule has 0 aliphatic carbocycles. The molecule has 0 spiro atoms. The fourth-order valence-electron chi connectivity index (χ4n) is 2.64. The van der Waals surface area contributed by atoms with Crippen molar-refractivity contribution in [3.8, 4) is 22.8 Å². The van der Waals surface area contributed by atoms with Gasteiger partial charge in [0.2, 0.25) is 5.89 Å². The van der Waals surface area contributed by atoms with Gasteiger partial charge in [-0.3, -0.25) is 4.21 Å². The van der Waals surface area contributed by atoms with Crippen molar-refractivity contribution in [2.24, 2.45) is 0 Å². The van der Waals surface area contributed by atoms with E-state index < -0.39 is 10.8 Å². The van der Waals surface area contributed by atoms with Crippen LogP contribution in [0.1, 0.15) is 12.3 Å². The van der Waals surface area contributed by atoms with Gasteiger partial charge in [-0.05, 0) is 24.3 Å². The number of hydrogen-bond acceptors (Lipinski definition) is 5. The van der Waals surface area contributed by atoms with Crippen molar-refractivity contribution in [3.05, 3.63) is 59.6 Å². The first kappa shape index (κ1) is 17.1. The number of rotatable bonds is 4. The second kappa shape index (κ2) is 7.51. The smallest absolute Gasteiger partial charge is 0.207 e. The van der Waals surface area contributed by atoms with Gasteiger partial charge in [-0.2, -0.15) is 0 Å². The van der Waals surface area contributed by atoms with Crippen LogP contribution in [0, 0.1) is 0 Å². The van der Waals surface area contributed by atoms with E-state index in [4.69, 9.17) is 25.5 Å². The summed E-state index contributed by atoms with van der Waals surface area (Å²) in [4.78, 5) is 4.87. The molecular weight excluding hydrogens is 374 g/mol. The van der Waals surface area contributed by atoms with Gasteiger partial charge in [0.05, 0.1) is 35.2 Å². The lowest BCUT2D eigenvalue weighted by atomic mass is 10.2. The lowest BCUT2D eigenvalue weighted by Crippen LogP contribution is -1.99. The normalized spacial score (nSPS) is 14.7. The molecule has 3 aromatic rings. The minimum atomic E-state index is -1.31. The van der Waals surface area contributed by atoms with Crippen LogP contribution in [0.15, 0.2) is 58.0 Å². The van der Waals surface area contributed by atoms with Gasteiger partial charge in [-0.15, -0.1) is 0 Å². The molecule has 1 aliphatic rings. The highest BCUT2D eigenvalue weighted by atomic mass is 35.5. The first-order chi connectivity index (χ1) is 12.7. The largest absolute Gasteiger partial charge is 0.490 e. The van der Waals surface area contributed by atoms with Crippen LogP contribution < -0.4 is 9.47 Å². The van der Waals surface area contributed by atoms with Crippen molar-refractivity contribution in [3.63, 3.8) is 0 Å². The summed E-state index contributed by atoms with van der Waals surface area (Å²) < 4.78 is 29.7. The maximum absolute atomic E-state index is 12.7. The monoisotopic (exact) mass is 389 g/mol. The predicted octanol–water partition coefficient (Wildman–Crippen LogP) is 4.46. The van der Waals surface area contributed by atoms with E-state index in [9.17, 15) is 4.21 Å². The van der Waals surface area contributed by atoms with Crippen molar-refractivity contribution in [2.45, 2.75) is 17.1 Å². The van der Waals surface area contributed by atoms with Crippen LogP contribution in [-0.2, 0) is 16.6 Å². The highest BCUT2D eigenvalue weighted by molar-refractivity contribution is 7.84. The SMILES string of the molecule is O=S(Cc1ncc(-c2ccccc2Cl)o1)c1ccc2c(c1)OCCCO2. The van der Waals surface area contributed by atoms with Gasteiger partial charge in [0, 0.05) is 22.9 Å². The molecule has 1 unspecified atom stereocenters. The van der Waals surface area contributed by atoms with Crippen molar-refractivity contribution in [2.75, 3.05) is 13.2 Å². The van der Waals surface area contributed by atoms with Crippen molar-refractivity contribution in [1.29, 1.82) is 0 Å². The van der Waals surface area contributed by atoms with E-state index in [2.05, 4.69) is 4.98 Å². The summed E-state index contributed by atoms with van der Waals surface area (Å²) in [6.07, 6.45) is 2.43. The Kier molecular flexibility index (Phi) is 4.95. The Bertz CT molecular complexity index is 956. The van der Waals surface area contributed by atoms with Crippen LogP contribution in [0.3, 0.4) is 0 Å². The Morgan fingerprint density at radius 3 is 2.73 bits per heavy atom. The molecule has 134 valence electrons. The van der Waals surface area contributed by atoms with Crippen LogP contribution in [0.25, 0.3) is 11.3 Å². The lowest BCUT2D eigenvalue weighted by Gasteiger charge is -2.08. The zero-order valence-corrected chi connectivity index (χ0v) is 15.4. The predicted molar refractivity (Wildman–Crippen MR) is 99.1 cm³/mol. The summed E-state index contributed by atoms with van der Waals surface area (Å²) in [5.41, 5.74) is 0.759. The van der Waals surface area contributed by atoms with Crippen LogP contribution in [-0.4, -0.2) is 22.4 Å². The van der Waals surface area contributed by atoms with Crippen LogP contribution in [0.5, 0.6) is 11.5 Å². The topological polar surface area (TPSA) is 61.6 Å². The summed E-state index contributed by atoms with van der Waals surface area (Å²) in [5, 5.41) is 0.583. The lowest BCUT2D eigenvalue weighted by molar-refractivity contribution is 0.297. The minimum Gasteiger partial charge on any atom is -0.490 e. The van der Waals surface area contributed by atoms with E-state index in [1.54, 1.807) is 30.5 Å². The maximum Gasteiger partial charge on any atom is 0.207 e. The third-order valence-electron chi connectivity index (χ3n) is 3.93. The molecule has 5 nitrogen and oxygen atoms in total. The molecule has 0 N–H and O–H groups in total. The number of ether oxygens (including phenoxy) is 2. The number of oxazole rings is 1. The molecule has 0 fully saturated rings. The van der Waals surface area contributed by atoms with Gasteiger partial charge >= 0.3 is 0 Å². The first-order valence-electron chi connectivity index (χ1n) is 8.18. The van der Waals surface area contributed by atoms with Crippen molar-refractivity contribution in [1.82, 2.24) is 4.98 Å². The fraction of sp³-hybridized carbons (Fsp3) is 0.211. The molecular formula is C19H16ClNO4S. The second-order valence-electron chi connectivity index (χ2n) is 5.75. The van der Waals surface area contributed by atoms with Crippen molar-refractivity contribution >= 4 is 22.4 Å². The van der Waals surface area contributed by atoms with Crippen LogP contribution >= 0.6 is 11.6 Å². The Labute approximate surface area is 158 Å². The molecule has 26 heavy (non-hydrogen) atoms. The highest BCUT2D eigenvalue weighted by Crippen LogP contribution is 2.32. The molecule has 0 amide bonds. The third-order valence-corrected chi connectivity index (χ3v) is 5.55. The summed E-state index contributed by atoms with van der Waals surface area (Å²) in [5.74, 6) is 2.42. The molecule has 1 aromatic heterocycles. The van der Waals surface area contributed by atoms with E-state index >= 15 is 0 Å². The number of hydrogen-bond donors (Lipinski definition) is 0. The van der Waals surface area contributed by atoms with Crippen molar-refractivity contribution < 1.29 is 18.1 Å². The molecule has 2 aromatic carbocycles. The molecule has 0 saturated carbocycles. The highest BCUT2D eigenvalue weighted by Gasteiger charge is 2.16. The number of benzene rings is 2. The summed E-state index contributed by atoms with van der Waals surface area (Å²) in [6, 6.07) is 12.7. The first-order valence-corrected chi connectivity index (χ1v) is 9.88. The van der Waals surface area contributed by atoms with E-state index in [0.29, 0.717) is 46.3 Å². The number of halogens is 1. The van der Waals surface area contributed by atoms with Gasteiger partial charge in [0.15, 0.2) is 17.3 Å². The average molecular weight is 390 g/mol. The molecule has 1 atom stereocenters.